The van der Waals surface area contributed by atoms with Gasteiger partial charge in [-0.05, 0) is 31.6 Å². The molecule has 0 fully saturated rings. The maximum absolute atomic E-state index is 5.80. The van der Waals surface area contributed by atoms with Gasteiger partial charge in [-0.1, -0.05) is 39.3 Å². The van der Waals surface area contributed by atoms with E-state index >= 15 is 0 Å². The van der Waals surface area contributed by atoms with Gasteiger partial charge in [0.05, 0.1) is 0 Å². The fourth-order valence-corrected chi connectivity index (χ4v) is 1.61. The maximum atomic E-state index is 5.80. The predicted octanol–water partition coefficient (Wildman–Crippen LogP) is 3.50. The first kappa shape index (κ1) is 12.7. The molecule has 0 spiro atoms. The fourth-order valence-electron chi connectivity index (χ4n) is 1.61. The van der Waals surface area contributed by atoms with Crippen molar-refractivity contribution in [1.82, 2.24) is 0 Å². The van der Waals surface area contributed by atoms with Crippen molar-refractivity contribution >= 4 is 0 Å². The quantitative estimate of drug-likeness (QED) is 0.663. The minimum absolute atomic E-state index is 0.292. The highest BCUT2D eigenvalue weighted by molar-refractivity contribution is 5.05. The van der Waals surface area contributed by atoms with Crippen molar-refractivity contribution in [1.29, 1.82) is 0 Å². The lowest BCUT2D eigenvalue weighted by Gasteiger charge is -2.21. The Labute approximate surface area is 83.4 Å². The summed E-state index contributed by atoms with van der Waals surface area (Å²) in [6.07, 6.45) is 5.67. The number of hydrogen-bond donors (Lipinski definition) is 1. The molecule has 0 radical (unpaired) electrons. The van der Waals surface area contributed by atoms with Gasteiger partial charge in [-0.2, -0.15) is 0 Å². The number of allylic oxidation sites excluding steroid dienone is 1. The van der Waals surface area contributed by atoms with Crippen LogP contribution in [0.15, 0.2) is 11.6 Å². The molecule has 0 aromatic heterocycles. The van der Waals surface area contributed by atoms with Gasteiger partial charge in [-0.3, -0.25) is 0 Å². The lowest BCUT2D eigenvalue weighted by atomic mass is 9.85. The van der Waals surface area contributed by atoms with Crippen LogP contribution in [0.5, 0.6) is 0 Å². The van der Waals surface area contributed by atoms with Crippen molar-refractivity contribution in [2.45, 2.75) is 59.9 Å². The molecule has 0 aliphatic carbocycles. The van der Waals surface area contributed by atoms with Crippen LogP contribution >= 0.6 is 0 Å². The molecule has 0 rings (SSSR count). The molecule has 0 amide bonds. The summed E-state index contributed by atoms with van der Waals surface area (Å²) in [5.41, 5.74) is 7.70. The standard InChI is InChI=1S/C12H25N/c1-6-7-11(8-10(2)13)9-12(3,4)5/h7,10H,6,8-9,13H2,1-5H3/b11-7+. The summed E-state index contributed by atoms with van der Waals surface area (Å²) >= 11 is 0. The Balaban J connectivity index is 4.19. The molecule has 1 atom stereocenters. The van der Waals surface area contributed by atoms with Gasteiger partial charge >= 0.3 is 0 Å². The first-order valence-electron chi connectivity index (χ1n) is 5.28. The number of hydrogen-bond acceptors (Lipinski definition) is 1. The van der Waals surface area contributed by atoms with Gasteiger partial charge in [0, 0.05) is 6.04 Å². The zero-order valence-corrected chi connectivity index (χ0v) is 9.85. The van der Waals surface area contributed by atoms with Gasteiger partial charge in [-0.15, -0.1) is 0 Å². The van der Waals surface area contributed by atoms with Crippen LogP contribution in [0.25, 0.3) is 0 Å². The van der Waals surface area contributed by atoms with Crippen LogP contribution in [0.1, 0.15) is 53.9 Å². The topological polar surface area (TPSA) is 26.0 Å². The Kier molecular flexibility index (Phi) is 5.31. The summed E-state index contributed by atoms with van der Waals surface area (Å²) in [5, 5.41) is 0. The van der Waals surface area contributed by atoms with E-state index in [0.717, 1.165) is 12.8 Å². The Hall–Kier alpha value is -0.300. The summed E-state index contributed by atoms with van der Waals surface area (Å²) in [6.45, 7) is 11.1. The lowest BCUT2D eigenvalue weighted by molar-refractivity contribution is 0.400. The van der Waals surface area contributed by atoms with E-state index in [1.165, 1.54) is 12.0 Å². The smallest absolute Gasteiger partial charge is 0.00476 e. The van der Waals surface area contributed by atoms with Crippen molar-refractivity contribution in [3.63, 3.8) is 0 Å². The average Bonchev–Trinajstić information content (AvgIpc) is 1.81. The summed E-state index contributed by atoms with van der Waals surface area (Å²) in [7, 11) is 0. The second kappa shape index (κ2) is 5.43. The molecular formula is C12H25N. The first-order valence-corrected chi connectivity index (χ1v) is 5.28. The Morgan fingerprint density at radius 3 is 2.23 bits per heavy atom. The molecule has 13 heavy (non-hydrogen) atoms. The molecular weight excluding hydrogens is 158 g/mol. The van der Waals surface area contributed by atoms with Crippen LogP contribution in [-0.2, 0) is 0 Å². The Bertz CT molecular complexity index is 160. The zero-order chi connectivity index (χ0) is 10.5. The molecule has 0 aromatic carbocycles. The summed E-state index contributed by atoms with van der Waals surface area (Å²) in [5.74, 6) is 0. The highest BCUT2D eigenvalue weighted by atomic mass is 14.6. The van der Waals surface area contributed by atoms with Crippen LogP contribution in [0.2, 0.25) is 0 Å². The van der Waals surface area contributed by atoms with Gasteiger partial charge in [0.1, 0.15) is 0 Å². The van der Waals surface area contributed by atoms with E-state index in [4.69, 9.17) is 5.73 Å². The first-order chi connectivity index (χ1) is 5.85. The minimum Gasteiger partial charge on any atom is -0.328 e. The summed E-state index contributed by atoms with van der Waals surface area (Å²) in [4.78, 5) is 0. The molecule has 1 unspecified atom stereocenters. The van der Waals surface area contributed by atoms with Crippen molar-refractivity contribution < 1.29 is 0 Å². The third-order valence-corrected chi connectivity index (χ3v) is 1.83. The third-order valence-electron chi connectivity index (χ3n) is 1.83. The zero-order valence-electron chi connectivity index (χ0n) is 9.85. The molecule has 0 saturated carbocycles. The molecule has 0 aliphatic rings. The van der Waals surface area contributed by atoms with E-state index in [2.05, 4.69) is 40.7 Å². The largest absolute Gasteiger partial charge is 0.328 e. The molecule has 78 valence electrons. The van der Waals surface area contributed by atoms with E-state index in [0.29, 0.717) is 11.5 Å². The van der Waals surface area contributed by atoms with Gasteiger partial charge < -0.3 is 5.73 Å². The molecule has 2 N–H and O–H groups in total. The number of nitrogens with two attached hydrogens (primary N) is 1. The summed E-state index contributed by atoms with van der Waals surface area (Å²) < 4.78 is 0. The molecule has 0 saturated heterocycles. The van der Waals surface area contributed by atoms with E-state index < -0.39 is 0 Å². The molecule has 0 aromatic rings. The van der Waals surface area contributed by atoms with E-state index in [-0.39, 0.29) is 0 Å². The van der Waals surface area contributed by atoms with Crippen LogP contribution in [0.4, 0.5) is 0 Å². The average molecular weight is 183 g/mol. The second-order valence-electron chi connectivity index (χ2n) is 5.19. The van der Waals surface area contributed by atoms with Crippen LogP contribution < -0.4 is 5.73 Å². The van der Waals surface area contributed by atoms with Crippen molar-refractivity contribution in [3.05, 3.63) is 11.6 Å². The minimum atomic E-state index is 0.292. The van der Waals surface area contributed by atoms with Crippen molar-refractivity contribution in [2.75, 3.05) is 0 Å². The maximum Gasteiger partial charge on any atom is 0.00476 e. The molecule has 1 nitrogen and oxygen atoms in total. The Morgan fingerprint density at radius 2 is 1.92 bits per heavy atom. The van der Waals surface area contributed by atoms with Crippen LogP contribution in [-0.4, -0.2) is 6.04 Å². The van der Waals surface area contributed by atoms with Gasteiger partial charge in [0.2, 0.25) is 0 Å². The Morgan fingerprint density at radius 1 is 1.38 bits per heavy atom. The molecule has 0 heterocycles. The SMILES string of the molecule is CC/C=C(\CC(C)N)CC(C)(C)C. The van der Waals surface area contributed by atoms with Crippen LogP contribution in [0, 0.1) is 5.41 Å². The fraction of sp³-hybridized carbons (Fsp3) is 0.833. The van der Waals surface area contributed by atoms with Gasteiger partial charge in [-0.25, -0.2) is 0 Å². The van der Waals surface area contributed by atoms with Gasteiger partial charge in [0.25, 0.3) is 0 Å². The summed E-state index contributed by atoms with van der Waals surface area (Å²) in [6, 6.07) is 0.292. The van der Waals surface area contributed by atoms with Crippen LogP contribution in [0.3, 0.4) is 0 Å². The molecule has 0 bridgehead atoms. The van der Waals surface area contributed by atoms with Crippen molar-refractivity contribution in [3.8, 4) is 0 Å². The second-order valence-corrected chi connectivity index (χ2v) is 5.19. The molecule has 1 heteroatoms. The lowest BCUT2D eigenvalue weighted by Crippen LogP contribution is -2.17. The molecule has 0 aliphatic heterocycles. The monoisotopic (exact) mass is 183 g/mol. The van der Waals surface area contributed by atoms with E-state index in [1.807, 2.05) is 0 Å². The third kappa shape index (κ3) is 8.04. The van der Waals surface area contributed by atoms with E-state index in [9.17, 15) is 0 Å². The van der Waals surface area contributed by atoms with E-state index in [1.54, 1.807) is 0 Å². The van der Waals surface area contributed by atoms with Crippen molar-refractivity contribution in [2.24, 2.45) is 11.1 Å². The predicted molar refractivity (Wildman–Crippen MR) is 60.7 cm³/mol. The normalized spacial score (nSPS) is 16.0. The highest BCUT2D eigenvalue weighted by Crippen LogP contribution is 2.26. The number of rotatable bonds is 4. The highest BCUT2D eigenvalue weighted by Gasteiger charge is 2.13. The van der Waals surface area contributed by atoms with Gasteiger partial charge in [0.15, 0.2) is 0 Å².